The molecular formula is C23H34N2O3. The fraction of sp³-hybridized carbons (Fsp3) is 0.826. The normalized spacial score (nSPS) is 53.2. The topological polar surface area (TPSA) is 86.5 Å². The molecule has 0 radical (unpaired) electrons. The molecule has 4 aliphatic rings. The molecular weight excluding hydrogens is 352 g/mol. The van der Waals surface area contributed by atoms with E-state index in [1.54, 1.807) is 12.4 Å². The Labute approximate surface area is 167 Å². The lowest BCUT2D eigenvalue weighted by molar-refractivity contribution is -0.238. The maximum Gasteiger partial charge on any atom is 0.0994 e. The van der Waals surface area contributed by atoms with Crippen LogP contribution in [0, 0.1) is 28.6 Å². The minimum Gasteiger partial charge on any atom is -0.393 e. The molecule has 3 N–H and O–H groups in total. The molecule has 8 atom stereocenters. The van der Waals surface area contributed by atoms with Gasteiger partial charge in [0, 0.05) is 17.2 Å². The Hall–Kier alpha value is -1.04. The molecule has 1 aromatic rings. The van der Waals surface area contributed by atoms with E-state index in [-0.39, 0.29) is 17.4 Å². The van der Waals surface area contributed by atoms with E-state index in [0.717, 1.165) is 50.5 Å². The van der Waals surface area contributed by atoms with E-state index in [4.69, 9.17) is 0 Å². The first-order valence-electron chi connectivity index (χ1n) is 11.1. The molecule has 4 aliphatic carbocycles. The number of aliphatic hydroxyl groups excluding tert-OH is 1. The summed E-state index contributed by atoms with van der Waals surface area (Å²) in [4.78, 5) is 0. The smallest absolute Gasteiger partial charge is 0.0994 e. The maximum absolute atomic E-state index is 12.2. The van der Waals surface area contributed by atoms with Crippen molar-refractivity contribution in [1.29, 1.82) is 0 Å². The maximum atomic E-state index is 12.2. The Morgan fingerprint density at radius 3 is 2.50 bits per heavy atom. The van der Waals surface area contributed by atoms with Gasteiger partial charge in [0.2, 0.25) is 0 Å². The predicted molar refractivity (Wildman–Crippen MR) is 105 cm³/mol. The Kier molecular flexibility index (Phi) is 4.06. The quantitative estimate of drug-likeness (QED) is 0.690. The van der Waals surface area contributed by atoms with Crippen molar-refractivity contribution in [1.82, 2.24) is 10.2 Å². The minimum atomic E-state index is -1.05. The molecule has 28 heavy (non-hydrogen) atoms. The Bertz CT molecular complexity index is 759. The molecule has 1 aromatic heterocycles. The number of hydrogen-bond acceptors (Lipinski definition) is 5. The summed E-state index contributed by atoms with van der Waals surface area (Å²) in [6.45, 7) is 4.52. The van der Waals surface area contributed by atoms with Crippen molar-refractivity contribution >= 4 is 0 Å². The summed E-state index contributed by atoms with van der Waals surface area (Å²) < 4.78 is 0. The molecule has 5 heteroatoms. The summed E-state index contributed by atoms with van der Waals surface area (Å²) in [5, 5.41) is 42.1. The highest BCUT2D eigenvalue weighted by Crippen LogP contribution is 2.71. The van der Waals surface area contributed by atoms with Crippen LogP contribution in [0.25, 0.3) is 0 Å². The zero-order chi connectivity index (χ0) is 19.8. The summed E-state index contributed by atoms with van der Waals surface area (Å²) in [7, 11) is 0. The van der Waals surface area contributed by atoms with Crippen LogP contribution in [0.2, 0.25) is 0 Å². The Morgan fingerprint density at radius 1 is 0.929 bits per heavy atom. The molecule has 0 unspecified atom stereocenters. The minimum absolute atomic E-state index is 0.151. The molecule has 5 rings (SSSR count). The molecule has 4 saturated carbocycles. The van der Waals surface area contributed by atoms with E-state index < -0.39 is 16.6 Å². The third kappa shape index (κ3) is 2.19. The van der Waals surface area contributed by atoms with Gasteiger partial charge in [0.05, 0.1) is 23.5 Å². The third-order valence-corrected chi connectivity index (χ3v) is 10.0. The number of aliphatic hydroxyl groups is 3. The van der Waals surface area contributed by atoms with Gasteiger partial charge in [-0.3, -0.25) is 0 Å². The molecule has 0 saturated heterocycles. The van der Waals surface area contributed by atoms with Crippen LogP contribution in [0.15, 0.2) is 18.5 Å². The van der Waals surface area contributed by atoms with Crippen molar-refractivity contribution in [3.8, 4) is 0 Å². The van der Waals surface area contributed by atoms with E-state index >= 15 is 0 Å². The summed E-state index contributed by atoms with van der Waals surface area (Å²) in [6, 6.07) is 1.86. The van der Waals surface area contributed by atoms with Gasteiger partial charge in [0.1, 0.15) is 0 Å². The molecule has 5 nitrogen and oxygen atoms in total. The van der Waals surface area contributed by atoms with E-state index in [1.807, 2.05) is 6.07 Å². The van der Waals surface area contributed by atoms with Gasteiger partial charge in [0.15, 0.2) is 0 Å². The third-order valence-electron chi connectivity index (χ3n) is 10.0. The molecule has 1 heterocycles. The zero-order valence-corrected chi connectivity index (χ0v) is 17.1. The van der Waals surface area contributed by atoms with Crippen molar-refractivity contribution < 1.29 is 15.3 Å². The number of fused-ring (bicyclic) bond motifs is 5. The summed E-state index contributed by atoms with van der Waals surface area (Å²) in [6.07, 6.45) is 11.2. The average molecular weight is 387 g/mol. The number of hydrogen-bond donors (Lipinski definition) is 3. The van der Waals surface area contributed by atoms with Crippen LogP contribution >= 0.6 is 0 Å². The summed E-state index contributed by atoms with van der Waals surface area (Å²) >= 11 is 0. The second-order valence-electron chi connectivity index (χ2n) is 10.7. The predicted octanol–water partition coefficient (Wildman–Crippen LogP) is 3.18. The second kappa shape index (κ2) is 5.99. The lowest BCUT2D eigenvalue weighted by Crippen LogP contribution is -2.64. The fourth-order valence-corrected chi connectivity index (χ4v) is 8.22. The number of rotatable bonds is 1. The van der Waals surface area contributed by atoms with Crippen LogP contribution in [-0.4, -0.2) is 37.2 Å². The first-order valence-corrected chi connectivity index (χ1v) is 11.1. The lowest BCUT2D eigenvalue weighted by Gasteiger charge is -2.64. The standard InChI is InChI=1S/C23H34N2O3/c1-20-8-5-17(26)13-15(20)3-4-19-18(20)6-9-21(2)22(27,10-11-23(19,21)28)16-7-12-24-25-14-16/h7,12,14-15,17-19,26-28H,3-6,8-11,13H2,1-2H3/t15-,17+,18+,19-,20+,21-,22+,23+/m1/s1. The monoisotopic (exact) mass is 386 g/mol. The average Bonchev–Trinajstić information content (AvgIpc) is 2.91. The van der Waals surface area contributed by atoms with Crippen LogP contribution in [0.4, 0.5) is 0 Å². The van der Waals surface area contributed by atoms with E-state index in [0.29, 0.717) is 24.7 Å². The van der Waals surface area contributed by atoms with Gasteiger partial charge in [0.25, 0.3) is 0 Å². The van der Waals surface area contributed by atoms with Gasteiger partial charge in [-0.15, -0.1) is 0 Å². The van der Waals surface area contributed by atoms with Gasteiger partial charge in [-0.1, -0.05) is 13.8 Å². The zero-order valence-electron chi connectivity index (χ0n) is 17.1. The molecule has 0 spiro atoms. The summed E-state index contributed by atoms with van der Waals surface area (Å²) in [5.74, 6) is 1.27. The molecule has 0 aliphatic heterocycles. The van der Waals surface area contributed by atoms with Crippen LogP contribution < -0.4 is 0 Å². The second-order valence-corrected chi connectivity index (χ2v) is 10.7. The fourth-order valence-electron chi connectivity index (χ4n) is 8.22. The largest absolute Gasteiger partial charge is 0.393 e. The number of aromatic nitrogens is 2. The van der Waals surface area contributed by atoms with Crippen LogP contribution in [0.1, 0.15) is 77.2 Å². The molecule has 0 bridgehead atoms. The van der Waals surface area contributed by atoms with E-state index in [9.17, 15) is 15.3 Å². The van der Waals surface area contributed by atoms with Crippen molar-refractivity contribution in [2.75, 3.05) is 0 Å². The van der Waals surface area contributed by atoms with Crippen LogP contribution in [0.3, 0.4) is 0 Å². The highest BCUT2D eigenvalue weighted by molar-refractivity contribution is 5.30. The van der Waals surface area contributed by atoms with Crippen molar-refractivity contribution in [3.05, 3.63) is 24.0 Å². The van der Waals surface area contributed by atoms with Gasteiger partial charge in [-0.2, -0.15) is 10.2 Å². The molecule has 0 aromatic carbocycles. The summed E-state index contributed by atoms with van der Waals surface area (Å²) in [5.41, 5.74) is -1.47. The van der Waals surface area contributed by atoms with E-state index in [1.165, 1.54) is 0 Å². The van der Waals surface area contributed by atoms with Crippen LogP contribution in [0.5, 0.6) is 0 Å². The first kappa shape index (κ1) is 19.0. The van der Waals surface area contributed by atoms with Crippen molar-refractivity contribution in [3.63, 3.8) is 0 Å². The van der Waals surface area contributed by atoms with Crippen molar-refractivity contribution in [2.45, 2.75) is 88.9 Å². The van der Waals surface area contributed by atoms with E-state index in [2.05, 4.69) is 24.0 Å². The molecule has 4 fully saturated rings. The SMILES string of the molecule is C[C@]12CC[C@H](O)C[C@H]1CC[C@@H]1[C@@H]2CC[C@]2(C)[C@@](O)(c3ccnnc3)CC[C@]12O. The highest BCUT2D eigenvalue weighted by Gasteiger charge is 2.72. The van der Waals surface area contributed by atoms with Crippen LogP contribution in [-0.2, 0) is 5.60 Å². The molecule has 154 valence electrons. The number of nitrogens with zero attached hydrogens (tertiary/aromatic N) is 2. The highest BCUT2D eigenvalue weighted by atomic mass is 16.3. The van der Waals surface area contributed by atoms with Gasteiger partial charge >= 0.3 is 0 Å². The van der Waals surface area contributed by atoms with Gasteiger partial charge in [-0.05, 0) is 87.0 Å². The lowest BCUT2D eigenvalue weighted by atomic mass is 9.43. The first-order chi connectivity index (χ1) is 13.2. The molecule has 0 amide bonds. The Balaban J connectivity index is 1.52. The van der Waals surface area contributed by atoms with Gasteiger partial charge in [-0.25, -0.2) is 0 Å². The van der Waals surface area contributed by atoms with Crippen molar-refractivity contribution in [2.24, 2.45) is 28.6 Å². The van der Waals surface area contributed by atoms with Gasteiger partial charge < -0.3 is 15.3 Å². The Morgan fingerprint density at radius 2 is 1.75 bits per heavy atom.